The molecule has 5 nitrogen and oxygen atoms in total. The minimum Gasteiger partial charge on any atom is -0.484 e. The summed E-state index contributed by atoms with van der Waals surface area (Å²) in [4.78, 5) is 14.2. The molecular formula is C21H23Cl2NO4. The first kappa shape index (κ1) is 20.9. The van der Waals surface area contributed by atoms with Crippen LogP contribution >= 0.6 is 23.2 Å². The Hall–Kier alpha value is -1.79. The van der Waals surface area contributed by atoms with Gasteiger partial charge in [0.2, 0.25) is 0 Å². The van der Waals surface area contributed by atoms with E-state index in [0.29, 0.717) is 48.7 Å². The number of amides is 1. The van der Waals surface area contributed by atoms with Gasteiger partial charge < -0.3 is 19.1 Å². The maximum absolute atomic E-state index is 12.4. The predicted molar refractivity (Wildman–Crippen MR) is 109 cm³/mol. The summed E-state index contributed by atoms with van der Waals surface area (Å²) < 4.78 is 17.0. The third-order valence-electron chi connectivity index (χ3n) is 4.49. The van der Waals surface area contributed by atoms with Gasteiger partial charge >= 0.3 is 0 Å². The van der Waals surface area contributed by atoms with Crippen LogP contribution in [0.25, 0.3) is 0 Å². The molecule has 0 aromatic heterocycles. The van der Waals surface area contributed by atoms with E-state index in [-0.39, 0.29) is 18.6 Å². The Morgan fingerprint density at radius 1 is 1.18 bits per heavy atom. The van der Waals surface area contributed by atoms with Crippen LogP contribution < -0.4 is 4.74 Å². The lowest BCUT2D eigenvalue weighted by atomic mass is 10.2. The largest absolute Gasteiger partial charge is 0.484 e. The average Bonchev–Trinajstić information content (AvgIpc) is 2.70. The van der Waals surface area contributed by atoms with E-state index >= 15 is 0 Å². The molecule has 0 N–H and O–H groups in total. The van der Waals surface area contributed by atoms with Crippen molar-refractivity contribution in [3.05, 3.63) is 63.6 Å². The minimum absolute atomic E-state index is 0.00582. The van der Waals surface area contributed by atoms with Gasteiger partial charge in [0.25, 0.3) is 5.91 Å². The summed E-state index contributed by atoms with van der Waals surface area (Å²) in [5, 5.41) is 1.14. The first-order chi connectivity index (χ1) is 13.5. The molecule has 1 amide bonds. The molecule has 0 spiro atoms. The summed E-state index contributed by atoms with van der Waals surface area (Å²) in [6.45, 7) is 4.13. The van der Waals surface area contributed by atoms with Gasteiger partial charge in [-0.15, -0.1) is 0 Å². The lowest BCUT2D eigenvalue weighted by Crippen LogP contribution is -2.48. The van der Waals surface area contributed by atoms with Crippen LogP contribution in [-0.4, -0.2) is 49.8 Å². The molecule has 28 heavy (non-hydrogen) atoms. The molecule has 150 valence electrons. The van der Waals surface area contributed by atoms with E-state index in [9.17, 15) is 4.79 Å². The number of benzene rings is 2. The van der Waals surface area contributed by atoms with Gasteiger partial charge in [-0.05, 0) is 31.2 Å². The normalized spacial score (nSPS) is 16.8. The zero-order chi connectivity index (χ0) is 19.9. The van der Waals surface area contributed by atoms with Gasteiger partial charge in [-0.2, -0.15) is 0 Å². The van der Waals surface area contributed by atoms with Crippen LogP contribution in [-0.2, 0) is 20.9 Å². The minimum atomic E-state index is -0.196. The van der Waals surface area contributed by atoms with Crippen LogP contribution in [0.5, 0.6) is 5.75 Å². The number of hydrogen-bond donors (Lipinski definition) is 0. The zero-order valence-electron chi connectivity index (χ0n) is 15.7. The van der Waals surface area contributed by atoms with E-state index in [4.69, 9.17) is 37.4 Å². The number of halogens is 2. The van der Waals surface area contributed by atoms with Gasteiger partial charge in [-0.1, -0.05) is 47.0 Å². The highest BCUT2D eigenvalue weighted by atomic mass is 35.5. The van der Waals surface area contributed by atoms with Crippen molar-refractivity contribution < 1.29 is 19.0 Å². The van der Waals surface area contributed by atoms with Gasteiger partial charge in [-0.25, -0.2) is 0 Å². The second-order valence-corrected chi connectivity index (χ2v) is 7.46. The predicted octanol–water partition coefficient (Wildman–Crippen LogP) is 4.12. The Kier molecular flexibility index (Phi) is 7.57. The van der Waals surface area contributed by atoms with Gasteiger partial charge in [0.1, 0.15) is 5.75 Å². The average molecular weight is 424 g/mol. The maximum atomic E-state index is 12.4. The van der Waals surface area contributed by atoms with Crippen LogP contribution in [0.4, 0.5) is 0 Å². The van der Waals surface area contributed by atoms with Crippen molar-refractivity contribution >= 4 is 29.1 Å². The zero-order valence-corrected chi connectivity index (χ0v) is 17.2. The molecule has 1 aliphatic rings. The fraction of sp³-hybridized carbons (Fsp3) is 0.381. The molecule has 0 saturated carbocycles. The Bertz CT molecular complexity index is 777. The van der Waals surface area contributed by atoms with Crippen molar-refractivity contribution in [2.24, 2.45) is 0 Å². The second kappa shape index (κ2) is 10.1. The van der Waals surface area contributed by atoms with E-state index in [1.165, 1.54) is 0 Å². The molecule has 1 saturated heterocycles. The van der Waals surface area contributed by atoms with Crippen molar-refractivity contribution in [2.45, 2.75) is 19.6 Å². The lowest BCUT2D eigenvalue weighted by Gasteiger charge is -2.32. The van der Waals surface area contributed by atoms with Crippen LogP contribution in [0.3, 0.4) is 0 Å². The SMILES string of the molecule is Cc1ccc(OCC(=O)N2CCOC(COCc3c(Cl)cccc3Cl)C2)cc1. The Labute approximate surface area is 175 Å². The lowest BCUT2D eigenvalue weighted by molar-refractivity contribution is -0.143. The Morgan fingerprint density at radius 3 is 2.61 bits per heavy atom. The topological polar surface area (TPSA) is 48.0 Å². The number of ether oxygens (including phenoxy) is 3. The standard InChI is InChI=1S/C21H23Cl2NO4/c1-15-5-7-16(8-6-15)28-14-21(25)24-9-10-27-17(11-24)12-26-13-18-19(22)3-2-4-20(18)23/h2-8,17H,9-14H2,1H3. The van der Waals surface area contributed by atoms with Gasteiger partial charge in [0.15, 0.2) is 6.61 Å². The summed E-state index contributed by atoms with van der Waals surface area (Å²) in [6, 6.07) is 13.0. The van der Waals surface area contributed by atoms with Crippen molar-refractivity contribution in [1.82, 2.24) is 4.90 Å². The molecule has 2 aromatic carbocycles. The molecule has 1 atom stereocenters. The number of carbonyl (C=O) groups excluding carboxylic acids is 1. The number of hydrogen-bond acceptors (Lipinski definition) is 4. The van der Waals surface area contributed by atoms with Crippen LogP contribution in [0.2, 0.25) is 10.0 Å². The fourth-order valence-electron chi connectivity index (χ4n) is 2.88. The van der Waals surface area contributed by atoms with E-state index in [2.05, 4.69) is 0 Å². The van der Waals surface area contributed by atoms with Crippen molar-refractivity contribution in [1.29, 1.82) is 0 Å². The maximum Gasteiger partial charge on any atom is 0.260 e. The van der Waals surface area contributed by atoms with Gasteiger partial charge in [-0.3, -0.25) is 4.79 Å². The second-order valence-electron chi connectivity index (χ2n) is 6.65. The molecular weight excluding hydrogens is 401 g/mol. The first-order valence-corrected chi connectivity index (χ1v) is 9.88. The highest BCUT2D eigenvalue weighted by Crippen LogP contribution is 2.25. The van der Waals surface area contributed by atoms with Crippen molar-refractivity contribution in [2.75, 3.05) is 32.9 Å². The van der Waals surface area contributed by atoms with E-state index in [1.54, 1.807) is 23.1 Å². The summed E-state index contributed by atoms with van der Waals surface area (Å²) in [5.41, 5.74) is 1.90. The summed E-state index contributed by atoms with van der Waals surface area (Å²) in [6.07, 6.45) is -0.196. The highest BCUT2D eigenvalue weighted by Gasteiger charge is 2.24. The Morgan fingerprint density at radius 2 is 1.89 bits per heavy atom. The number of rotatable bonds is 7. The number of nitrogens with zero attached hydrogens (tertiary/aromatic N) is 1. The summed E-state index contributed by atoms with van der Waals surface area (Å²) in [5.74, 6) is 0.617. The molecule has 1 unspecified atom stereocenters. The molecule has 0 bridgehead atoms. The van der Waals surface area contributed by atoms with Crippen LogP contribution in [0, 0.1) is 6.92 Å². The van der Waals surface area contributed by atoms with E-state index in [0.717, 1.165) is 11.1 Å². The molecule has 0 aliphatic carbocycles. The molecule has 1 heterocycles. The van der Waals surface area contributed by atoms with Gasteiger partial charge in [0, 0.05) is 28.7 Å². The summed E-state index contributed by atoms with van der Waals surface area (Å²) >= 11 is 12.3. The molecule has 1 aliphatic heterocycles. The highest BCUT2D eigenvalue weighted by molar-refractivity contribution is 6.35. The molecule has 2 aromatic rings. The monoisotopic (exact) mass is 423 g/mol. The summed E-state index contributed by atoms with van der Waals surface area (Å²) in [7, 11) is 0. The van der Waals surface area contributed by atoms with E-state index < -0.39 is 0 Å². The molecule has 0 radical (unpaired) electrons. The van der Waals surface area contributed by atoms with Crippen molar-refractivity contribution in [3.8, 4) is 5.75 Å². The molecule has 3 rings (SSSR count). The number of carbonyl (C=O) groups is 1. The number of aryl methyl sites for hydroxylation is 1. The molecule has 7 heteroatoms. The van der Waals surface area contributed by atoms with Gasteiger partial charge in [0.05, 0.1) is 25.9 Å². The number of morpholine rings is 1. The van der Waals surface area contributed by atoms with Crippen LogP contribution in [0.1, 0.15) is 11.1 Å². The van der Waals surface area contributed by atoms with Crippen LogP contribution in [0.15, 0.2) is 42.5 Å². The smallest absolute Gasteiger partial charge is 0.260 e. The molecule has 1 fully saturated rings. The van der Waals surface area contributed by atoms with Crippen molar-refractivity contribution in [3.63, 3.8) is 0 Å². The Balaban J connectivity index is 1.44. The van der Waals surface area contributed by atoms with E-state index in [1.807, 2.05) is 31.2 Å². The third-order valence-corrected chi connectivity index (χ3v) is 5.19. The third kappa shape index (κ3) is 5.85. The quantitative estimate of drug-likeness (QED) is 0.671. The first-order valence-electron chi connectivity index (χ1n) is 9.12. The fourth-order valence-corrected chi connectivity index (χ4v) is 3.39.